The Balaban J connectivity index is 0.000000134. The van der Waals surface area contributed by atoms with E-state index in [9.17, 15) is 0 Å². The summed E-state index contributed by atoms with van der Waals surface area (Å²) >= 11 is 0. The average molecular weight is 415 g/mol. The van der Waals surface area contributed by atoms with Crippen molar-refractivity contribution in [1.82, 2.24) is 9.80 Å². The van der Waals surface area contributed by atoms with Gasteiger partial charge in [0.15, 0.2) is 0 Å². The largest absolute Gasteiger partial charge is 0.304 e. The van der Waals surface area contributed by atoms with E-state index < -0.39 is 0 Å². The highest BCUT2D eigenvalue weighted by molar-refractivity contribution is 5.18. The second-order valence-corrected chi connectivity index (χ2v) is 14.0. The molecule has 0 aromatic heterocycles. The van der Waals surface area contributed by atoms with Gasteiger partial charge in [-0.15, -0.1) is 0 Å². The first-order chi connectivity index (χ1) is 14.1. The van der Waals surface area contributed by atoms with E-state index in [0.717, 1.165) is 28.1 Å². The van der Waals surface area contributed by atoms with Crippen molar-refractivity contribution >= 4 is 0 Å². The molecule has 8 rings (SSSR count). The third-order valence-electron chi connectivity index (χ3n) is 11.9. The fraction of sp³-hybridized carbons (Fsp3) is 1.00. The van der Waals surface area contributed by atoms with Crippen LogP contribution in [0.15, 0.2) is 0 Å². The molecule has 0 aromatic carbocycles. The summed E-state index contributed by atoms with van der Waals surface area (Å²) in [4.78, 5) is 5.37. The molecule has 1 aliphatic heterocycles. The minimum Gasteiger partial charge on any atom is -0.304 e. The van der Waals surface area contributed by atoms with Gasteiger partial charge in [0, 0.05) is 24.2 Å². The van der Waals surface area contributed by atoms with Crippen molar-refractivity contribution in [3.63, 3.8) is 0 Å². The normalized spacial score (nSPS) is 45.9. The first kappa shape index (κ1) is 21.7. The molecule has 7 aliphatic carbocycles. The van der Waals surface area contributed by atoms with Crippen molar-refractivity contribution in [1.29, 1.82) is 0 Å². The maximum absolute atomic E-state index is 2.89. The second-order valence-electron chi connectivity index (χ2n) is 14.0. The van der Waals surface area contributed by atoms with Gasteiger partial charge in [0.05, 0.1) is 0 Å². The van der Waals surface area contributed by atoms with Crippen molar-refractivity contribution in [3.8, 4) is 0 Å². The predicted octanol–water partition coefficient (Wildman–Crippen LogP) is 6.74. The van der Waals surface area contributed by atoms with Crippen LogP contribution in [0, 0.1) is 28.1 Å². The molecule has 0 atom stereocenters. The molecule has 0 unspecified atom stereocenters. The van der Waals surface area contributed by atoms with Crippen LogP contribution in [0.1, 0.15) is 111 Å². The van der Waals surface area contributed by atoms with E-state index >= 15 is 0 Å². The van der Waals surface area contributed by atoms with Gasteiger partial charge < -0.3 is 4.90 Å². The van der Waals surface area contributed by atoms with Gasteiger partial charge in [-0.05, 0) is 106 Å². The molecule has 1 saturated heterocycles. The molecule has 0 N–H and O–H groups in total. The number of rotatable bonds is 4. The van der Waals surface area contributed by atoms with Gasteiger partial charge in [-0.2, -0.15) is 0 Å². The van der Waals surface area contributed by atoms with E-state index in [1.54, 1.807) is 0 Å². The van der Waals surface area contributed by atoms with Crippen LogP contribution in [0.25, 0.3) is 0 Å². The van der Waals surface area contributed by atoms with E-state index in [4.69, 9.17) is 0 Å². The Kier molecular flexibility index (Phi) is 5.04. The SMILES string of the molecule is CC(C)C12CCCC(N(C)C)(C1)C2.CC(C)C12CCCC(N3CC4(CCC4)C3)(C1)C2. The number of hydrogen-bond acceptors (Lipinski definition) is 2. The van der Waals surface area contributed by atoms with Gasteiger partial charge in [-0.1, -0.05) is 47.0 Å². The van der Waals surface area contributed by atoms with Gasteiger partial charge in [-0.3, -0.25) is 4.90 Å². The van der Waals surface area contributed by atoms with E-state index in [2.05, 4.69) is 51.6 Å². The summed E-state index contributed by atoms with van der Waals surface area (Å²) in [5, 5.41) is 0. The molecule has 0 amide bonds. The van der Waals surface area contributed by atoms with Crippen molar-refractivity contribution < 1.29 is 0 Å². The minimum absolute atomic E-state index is 0.600. The zero-order valence-electron chi connectivity index (χ0n) is 21.2. The topological polar surface area (TPSA) is 6.48 Å². The first-order valence-corrected chi connectivity index (χ1v) is 13.5. The summed E-state index contributed by atoms with van der Waals surface area (Å²) in [5.74, 6) is 1.80. The molecule has 30 heavy (non-hydrogen) atoms. The molecule has 172 valence electrons. The van der Waals surface area contributed by atoms with Crippen LogP contribution in [-0.2, 0) is 0 Å². The second kappa shape index (κ2) is 6.96. The van der Waals surface area contributed by atoms with Crippen molar-refractivity contribution in [2.45, 2.75) is 122 Å². The van der Waals surface area contributed by atoms with Gasteiger partial charge in [0.2, 0.25) is 0 Å². The summed E-state index contributed by atoms with van der Waals surface area (Å²) < 4.78 is 0. The molecular formula is C28H50N2. The Hall–Kier alpha value is -0.0800. The van der Waals surface area contributed by atoms with Crippen LogP contribution >= 0.6 is 0 Å². The molecule has 8 fully saturated rings. The lowest BCUT2D eigenvalue weighted by atomic mass is 9.44. The van der Waals surface area contributed by atoms with Crippen LogP contribution in [0.2, 0.25) is 0 Å². The van der Waals surface area contributed by atoms with Crippen LogP contribution in [0.5, 0.6) is 0 Å². The standard InChI is InChI=1S/C16H27N.C12H23N/c1-13(2)15-7-4-8-16(9-15,10-15)17-11-14(12-17)5-3-6-14;1-10(2)11-6-5-7-12(8-11,9-11)13(3)4/h13H,3-12H2,1-2H3;10H,5-9H2,1-4H3. The van der Waals surface area contributed by atoms with Crippen molar-refractivity contribution in [2.24, 2.45) is 28.1 Å². The average Bonchev–Trinajstić information content (AvgIpc) is 2.58. The molecular weight excluding hydrogens is 364 g/mol. The van der Waals surface area contributed by atoms with Crippen molar-refractivity contribution in [3.05, 3.63) is 0 Å². The Morgan fingerprint density at radius 1 is 0.633 bits per heavy atom. The van der Waals surface area contributed by atoms with Gasteiger partial charge >= 0.3 is 0 Å². The fourth-order valence-corrected chi connectivity index (χ4v) is 9.17. The molecule has 0 radical (unpaired) electrons. The maximum atomic E-state index is 2.89. The smallest absolute Gasteiger partial charge is 0.0220 e. The molecule has 7 saturated carbocycles. The molecule has 0 aromatic rings. The summed E-state index contributed by atoms with van der Waals surface area (Å²) in [5.41, 5.74) is 3.58. The van der Waals surface area contributed by atoms with Crippen molar-refractivity contribution in [2.75, 3.05) is 27.2 Å². The summed E-state index contributed by atoms with van der Waals surface area (Å²) in [6.45, 7) is 12.6. The fourth-order valence-electron chi connectivity index (χ4n) is 9.17. The van der Waals surface area contributed by atoms with Crippen LogP contribution < -0.4 is 0 Å². The first-order valence-electron chi connectivity index (χ1n) is 13.5. The predicted molar refractivity (Wildman–Crippen MR) is 128 cm³/mol. The van der Waals surface area contributed by atoms with Gasteiger partial charge in [0.25, 0.3) is 0 Å². The number of likely N-dealkylation sites (tertiary alicyclic amines) is 1. The Morgan fingerprint density at radius 2 is 1.13 bits per heavy atom. The maximum Gasteiger partial charge on any atom is 0.0220 e. The highest BCUT2D eigenvalue weighted by Crippen LogP contribution is 2.67. The zero-order chi connectivity index (χ0) is 21.4. The highest BCUT2D eigenvalue weighted by Gasteiger charge is 2.64. The third-order valence-corrected chi connectivity index (χ3v) is 11.9. The van der Waals surface area contributed by atoms with E-state index in [0.29, 0.717) is 11.1 Å². The summed E-state index contributed by atoms with van der Waals surface area (Å²) in [6, 6.07) is 0. The van der Waals surface area contributed by atoms with E-state index in [-0.39, 0.29) is 0 Å². The molecule has 2 heteroatoms. The van der Waals surface area contributed by atoms with Crippen LogP contribution in [0.3, 0.4) is 0 Å². The van der Waals surface area contributed by atoms with Crippen LogP contribution in [0.4, 0.5) is 0 Å². The van der Waals surface area contributed by atoms with E-state index in [1.165, 1.54) is 96.6 Å². The Labute approximate surface area is 187 Å². The number of nitrogens with zero attached hydrogens (tertiary/aromatic N) is 2. The monoisotopic (exact) mass is 414 g/mol. The van der Waals surface area contributed by atoms with E-state index in [1.807, 2.05) is 0 Å². The summed E-state index contributed by atoms with van der Waals surface area (Å²) in [7, 11) is 4.52. The lowest BCUT2D eigenvalue weighted by molar-refractivity contribution is -0.214. The lowest BCUT2D eigenvalue weighted by Gasteiger charge is -2.72. The molecule has 1 heterocycles. The Morgan fingerprint density at radius 3 is 1.60 bits per heavy atom. The molecule has 2 nitrogen and oxygen atoms in total. The number of hydrogen-bond donors (Lipinski definition) is 0. The Bertz CT molecular complexity index is 616. The summed E-state index contributed by atoms with van der Waals surface area (Å²) in [6.07, 6.45) is 19.5. The number of fused-ring (bicyclic) bond motifs is 4. The van der Waals surface area contributed by atoms with Crippen LogP contribution in [-0.4, -0.2) is 48.1 Å². The molecule has 1 spiro atoms. The lowest BCUT2D eigenvalue weighted by Crippen LogP contribution is -2.74. The third kappa shape index (κ3) is 3.01. The molecule has 4 bridgehead atoms. The van der Waals surface area contributed by atoms with Gasteiger partial charge in [0.1, 0.15) is 0 Å². The highest BCUT2D eigenvalue weighted by atomic mass is 15.3. The quantitative estimate of drug-likeness (QED) is 0.502. The zero-order valence-corrected chi connectivity index (χ0v) is 21.2. The minimum atomic E-state index is 0.600. The van der Waals surface area contributed by atoms with Gasteiger partial charge in [-0.25, -0.2) is 0 Å². The molecule has 8 aliphatic rings.